The third-order valence-corrected chi connectivity index (χ3v) is 30.3. The summed E-state index contributed by atoms with van der Waals surface area (Å²) in [6.45, 7) is 0. The Labute approximate surface area is 68.8 Å². The van der Waals surface area contributed by atoms with Crippen LogP contribution in [0.4, 0.5) is 0 Å². The van der Waals surface area contributed by atoms with Crippen LogP contribution in [0.15, 0.2) is 0 Å². The Morgan fingerprint density at radius 3 is 1.58 bits per heavy atom. The van der Waals surface area contributed by atoms with Crippen molar-refractivity contribution in [3.63, 3.8) is 0 Å². The molecular formula is C6H15O4PtS. The molecule has 0 aromatic rings. The predicted octanol–water partition coefficient (Wildman–Crippen LogP) is 2.28. The van der Waals surface area contributed by atoms with Gasteiger partial charge in [0.1, 0.15) is 0 Å². The summed E-state index contributed by atoms with van der Waals surface area (Å²) in [6.07, 6.45) is 0. The first-order valence-corrected chi connectivity index (χ1v) is 16.6. The Bertz CT molecular complexity index is 375. The van der Waals surface area contributed by atoms with E-state index in [0.29, 0.717) is 0 Å². The number of hydrogen-bond acceptors (Lipinski definition) is 3. The fourth-order valence-electron chi connectivity index (χ4n) is 1.13. The SMILES string of the molecule is [CH3][Pt]12([CH3])([O]S(=O)(=O)O)([CH2][CH2]1)[CH2][CH2]2. The molecular weight excluding hydrogens is 363 g/mol. The minimum absolute atomic E-state index is 0.883. The molecule has 0 saturated carbocycles. The second-order valence-corrected chi connectivity index (χ2v) is 37.9. The molecule has 79 valence electrons. The molecule has 2 rings (SSSR count). The van der Waals surface area contributed by atoms with E-state index in [0.717, 1.165) is 19.2 Å². The van der Waals surface area contributed by atoms with E-state index >= 15 is 0 Å². The van der Waals surface area contributed by atoms with E-state index in [1.807, 2.05) is 10.6 Å². The summed E-state index contributed by atoms with van der Waals surface area (Å²) in [5.74, 6) is 0. The van der Waals surface area contributed by atoms with Crippen LogP contribution in [0.1, 0.15) is 0 Å². The molecule has 6 heteroatoms. The van der Waals surface area contributed by atoms with Crippen molar-refractivity contribution in [2.45, 2.75) is 29.9 Å². The fraction of sp³-hybridized carbons (Fsp3) is 1.00. The van der Waals surface area contributed by atoms with Crippen LogP contribution in [-0.2, 0) is 25.9 Å². The van der Waals surface area contributed by atoms with Crippen LogP contribution in [0, 0.1) is 0 Å². The number of rotatable bonds is 2. The van der Waals surface area contributed by atoms with Gasteiger partial charge >= 0.3 is 68.8 Å². The van der Waals surface area contributed by atoms with Crippen molar-refractivity contribution in [1.29, 1.82) is 0 Å². The van der Waals surface area contributed by atoms with Gasteiger partial charge < -0.3 is 0 Å². The van der Waals surface area contributed by atoms with Crippen LogP contribution in [0.2, 0.25) is 29.9 Å². The maximum atomic E-state index is 10.7. The molecule has 1 spiro atoms. The first-order valence-electron chi connectivity index (χ1n) is 3.34. The molecule has 2 fully saturated rings. The Kier molecular flexibility index (Phi) is 0.924. The van der Waals surface area contributed by atoms with E-state index in [1.165, 1.54) is 0 Å². The van der Waals surface area contributed by atoms with Crippen LogP contribution in [0.25, 0.3) is 0 Å². The molecule has 12 heavy (non-hydrogen) atoms. The molecule has 4 nitrogen and oxygen atoms in total. The monoisotopic (exact) mass is 378 g/mol. The van der Waals surface area contributed by atoms with Crippen LogP contribution < -0.4 is 0 Å². The Hall–Kier alpha value is 0.558. The second kappa shape index (κ2) is 1.22. The molecule has 0 atom stereocenters. The molecule has 0 aromatic heterocycles. The van der Waals surface area contributed by atoms with Crippen LogP contribution >= 0.6 is 0 Å². The zero-order chi connectivity index (χ0) is 9.41. The third-order valence-electron chi connectivity index (χ3n) is 3.05. The molecule has 2 saturated heterocycles. The van der Waals surface area contributed by atoms with Crippen molar-refractivity contribution in [2.24, 2.45) is 0 Å². The van der Waals surface area contributed by atoms with E-state index < -0.39 is 23.1 Å². The van der Waals surface area contributed by atoms with Gasteiger partial charge in [0.05, 0.1) is 0 Å². The summed E-state index contributed by atoms with van der Waals surface area (Å²) >= 11 is -3.81. The standard InChI is InChI=1S/2C2H4.2CH3.H2O4S.Pt/c2*1-2;;;1-5(2,3)4;/h2*1-2H2;2*1H3;(H2,1,2,3,4);/q;;;;;+1/p-1. The van der Waals surface area contributed by atoms with Gasteiger partial charge in [0.25, 0.3) is 0 Å². The van der Waals surface area contributed by atoms with E-state index in [1.54, 1.807) is 0 Å². The molecule has 0 aromatic carbocycles. The molecule has 0 radical (unpaired) electrons. The fourth-order valence-corrected chi connectivity index (χ4v) is 38.7. The van der Waals surface area contributed by atoms with Crippen LogP contribution in [0.5, 0.6) is 0 Å². The van der Waals surface area contributed by atoms with Crippen molar-refractivity contribution in [2.75, 3.05) is 0 Å². The summed E-state index contributed by atoms with van der Waals surface area (Å²) in [7, 11) is -4.25. The van der Waals surface area contributed by atoms with Gasteiger partial charge in [-0.3, -0.25) is 0 Å². The molecule has 2 aliphatic heterocycles. The molecule has 0 unspecified atom stereocenters. The summed E-state index contributed by atoms with van der Waals surface area (Å²) in [6, 6.07) is 0. The quantitative estimate of drug-likeness (QED) is 0.749. The van der Waals surface area contributed by atoms with Crippen molar-refractivity contribution < 1.29 is 28.5 Å². The van der Waals surface area contributed by atoms with E-state index in [4.69, 9.17) is 7.39 Å². The minimum atomic E-state index is -4.25. The van der Waals surface area contributed by atoms with Gasteiger partial charge in [-0.15, -0.1) is 0 Å². The van der Waals surface area contributed by atoms with Gasteiger partial charge in [-0.25, -0.2) is 0 Å². The first kappa shape index (κ1) is 9.13. The van der Waals surface area contributed by atoms with Crippen molar-refractivity contribution in [3.05, 3.63) is 0 Å². The normalized spacial score (nSPS) is 46.8. The first-order chi connectivity index (χ1) is 4.95. The van der Waals surface area contributed by atoms with Gasteiger partial charge in [0, 0.05) is 0 Å². The third kappa shape index (κ3) is 0.969. The Morgan fingerprint density at radius 1 is 1.17 bits per heavy atom. The summed E-state index contributed by atoms with van der Waals surface area (Å²) in [5, 5.41) is 3.98. The van der Waals surface area contributed by atoms with E-state index in [2.05, 4.69) is 0 Å². The average Bonchev–Trinajstić information content (AvgIpc) is 2.50. The molecule has 1 N–H and O–H groups in total. The predicted molar refractivity (Wildman–Crippen MR) is 43.6 cm³/mol. The summed E-state index contributed by atoms with van der Waals surface area (Å²) in [5.41, 5.74) is 0. The molecule has 2 aliphatic rings. The van der Waals surface area contributed by atoms with Crippen molar-refractivity contribution in [1.82, 2.24) is 0 Å². The topological polar surface area (TPSA) is 63.6 Å². The van der Waals surface area contributed by atoms with E-state index in [9.17, 15) is 8.42 Å². The molecule has 0 aliphatic carbocycles. The Balaban J connectivity index is 2.51. The average molecular weight is 378 g/mol. The second-order valence-electron chi connectivity index (χ2n) is 4.79. The number of hydrogen-bond donors (Lipinski definition) is 1. The summed E-state index contributed by atoms with van der Waals surface area (Å²) < 4.78 is 35.3. The van der Waals surface area contributed by atoms with Gasteiger partial charge in [0.2, 0.25) is 0 Å². The summed E-state index contributed by atoms with van der Waals surface area (Å²) in [4.78, 5) is 3.53. The van der Waals surface area contributed by atoms with Crippen LogP contribution in [0.3, 0.4) is 0 Å². The van der Waals surface area contributed by atoms with Gasteiger partial charge in [-0.1, -0.05) is 0 Å². The van der Waals surface area contributed by atoms with Crippen molar-refractivity contribution >= 4 is 10.4 Å². The van der Waals surface area contributed by atoms with Crippen LogP contribution in [-0.4, -0.2) is 13.0 Å². The molecule has 2 heterocycles. The maximum absolute atomic E-state index is 10.7. The zero-order valence-electron chi connectivity index (χ0n) is 7.22. The van der Waals surface area contributed by atoms with Crippen molar-refractivity contribution in [3.8, 4) is 0 Å². The zero-order valence-corrected chi connectivity index (χ0v) is 10.3. The van der Waals surface area contributed by atoms with Gasteiger partial charge in [0.15, 0.2) is 0 Å². The molecule has 0 amide bonds. The van der Waals surface area contributed by atoms with E-state index in [-0.39, 0.29) is 0 Å². The molecule has 0 bridgehead atoms. The van der Waals surface area contributed by atoms with Gasteiger partial charge in [-0.2, -0.15) is 0 Å². The van der Waals surface area contributed by atoms with Gasteiger partial charge in [-0.05, 0) is 0 Å². The Morgan fingerprint density at radius 2 is 1.50 bits per heavy atom.